The van der Waals surface area contributed by atoms with Gasteiger partial charge in [0.25, 0.3) is 0 Å². The minimum Gasteiger partial charge on any atom is -0.503 e. The summed E-state index contributed by atoms with van der Waals surface area (Å²) in [6.07, 6.45) is -3.23. The molecule has 5 nitrogen and oxygen atoms in total. The van der Waals surface area contributed by atoms with Crippen LogP contribution in [0.2, 0.25) is 0 Å². The predicted octanol–water partition coefficient (Wildman–Crippen LogP) is 8.37. The number of aromatic hydroxyl groups is 1. The third kappa shape index (κ3) is 9.74. The number of benzene rings is 4. The van der Waals surface area contributed by atoms with Gasteiger partial charge in [0.2, 0.25) is 0 Å². The van der Waals surface area contributed by atoms with E-state index in [-0.39, 0.29) is 25.1 Å². The molecule has 0 radical (unpaired) electrons. The molecule has 4 aromatic rings. The third-order valence-electron chi connectivity index (χ3n) is 7.21. The highest BCUT2D eigenvalue weighted by Gasteiger charge is 2.30. The highest BCUT2D eigenvalue weighted by Crippen LogP contribution is 2.31. The van der Waals surface area contributed by atoms with Crippen LogP contribution in [-0.4, -0.2) is 34.2 Å². The average Bonchev–Trinajstić information content (AvgIpc) is 3.00. The van der Waals surface area contributed by atoms with Gasteiger partial charge >= 0.3 is 12.1 Å². The fourth-order valence-electron chi connectivity index (χ4n) is 4.82. The van der Waals surface area contributed by atoms with E-state index in [0.29, 0.717) is 49.2 Å². The number of hydrogen-bond donors (Lipinski definition) is 2. The van der Waals surface area contributed by atoms with Gasteiger partial charge in [-0.3, -0.25) is 9.69 Å². The molecule has 0 aromatic heterocycles. The van der Waals surface area contributed by atoms with Crippen LogP contribution in [0.3, 0.4) is 0 Å². The third-order valence-corrected chi connectivity index (χ3v) is 7.21. The first-order chi connectivity index (χ1) is 21.4. The topological polar surface area (TPSA) is 70.0 Å². The van der Waals surface area contributed by atoms with Crippen molar-refractivity contribution in [3.05, 3.63) is 119 Å². The number of carbonyl (C=O) groups is 1. The molecule has 0 saturated carbocycles. The number of ether oxygens (including phenoxy) is 1. The van der Waals surface area contributed by atoms with E-state index in [1.165, 1.54) is 30.3 Å². The molecule has 0 spiro atoms. The zero-order valence-corrected chi connectivity index (χ0v) is 24.1. The highest BCUT2D eigenvalue weighted by molar-refractivity contribution is 5.66. The Labute approximate surface area is 256 Å². The molecule has 4 rings (SSSR count). The zero-order valence-electron chi connectivity index (χ0n) is 24.1. The number of alkyl halides is 3. The average molecular weight is 632 g/mol. The fraction of sp³-hybridized carbons (Fsp3) is 0.265. The van der Waals surface area contributed by atoms with Crippen LogP contribution in [0.4, 0.5) is 26.3 Å². The van der Waals surface area contributed by atoms with Gasteiger partial charge in [-0.15, -0.1) is 0 Å². The van der Waals surface area contributed by atoms with Crippen LogP contribution in [0.15, 0.2) is 78.9 Å². The number of phenolic OH excluding ortho intramolecular Hbond substituents is 1. The van der Waals surface area contributed by atoms with E-state index in [2.05, 4.69) is 0 Å². The van der Waals surface area contributed by atoms with Crippen molar-refractivity contribution in [3.63, 3.8) is 0 Å². The standard InChI is InChI=1S/C34H31F6NO4/c35-28-12-13-31(45-21-22-4-6-24(7-5-22)25-8-10-27(11-9-25)34(38,39)40)26(19-28)14-16-41(15-2-1-3-32(42)43)20-23-17-29(36)33(44)30(37)18-23/h4-13,17-19,44H,1-3,14-16,20-21H2,(H,42,43). The van der Waals surface area contributed by atoms with Crippen molar-refractivity contribution in [2.45, 2.75) is 45.0 Å². The normalized spacial score (nSPS) is 11.6. The summed E-state index contributed by atoms with van der Waals surface area (Å²) in [5.74, 6) is -4.24. The molecule has 238 valence electrons. The fourth-order valence-corrected chi connectivity index (χ4v) is 4.82. The predicted molar refractivity (Wildman–Crippen MR) is 156 cm³/mol. The molecule has 0 aliphatic rings. The molecule has 45 heavy (non-hydrogen) atoms. The maximum atomic E-state index is 14.2. The Morgan fingerprint density at radius 2 is 1.40 bits per heavy atom. The molecule has 4 aromatic carbocycles. The Hall–Kier alpha value is -4.51. The van der Waals surface area contributed by atoms with E-state index in [1.807, 2.05) is 4.90 Å². The van der Waals surface area contributed by atoms with Gasteiger partial charge < -0.3 is 14.9 Å². The van der Waals surface area contributed by atoms with Gasteiger partial charge in [-0.1, -0.05) is 36.4 Å². The summed E-state index contributed by atoms with van der Waals surface area (Å²) in [7, 11) is 0. The quantitative estimate of drug-likeness (QED) is 0.108. The first kappa shape index (κ1) is 33.4. The number of carboxylic acid groups (broad SMARTS) is 1. The second-order valence-electron chi connectivity index (χ2n) is 10.6. The summed E-state index contributed by atoms with van der Waals surface area (Å²) in [6.45, 7) is 0.988. The Bertz CT molecular complexity index is 1570. The Morgan fingerprint density at radius 3 is 2.00 bits per heavy atom. The van der Waals surface area contributed by atoms with Crippen LogP contribution in [0.25, 0.3) is 11.1 Å². The van der Waals surface area contributed by atoms with E-state index in [0.717, 1.165) is 35.4 Å². The summed E-state index contributed by atoms with van der Waals surface area (Å²) in [6, 6.07) is 18.1. The number of carboxylic acids is 1. The molecule has 2 N–H and O–H groups in total. The van der Waals surface area contributed by atoms with Gasteiger partial charge in [0.05, 0.1) is 5.56 Å². The SMILES string of the molecule is O=C(O)CCCCN(CCc1cc(F)ccc1OCc1ccc(-c2ccc(C(F)(F)F)cc2)cc1)Cc1cc(F)c(O)c(F)c1. The molecule has 0 bridgehead atoms. The van der Waals surface area contributed by atoms with E-state index in [9.17, 15) is 36.2 Å². The molecule has 0 saturated heterocycles. The van der Waals surface area contributed by atoms with Crippen molar-refractivity contribution < 1.29 is 46.1 Å². The van der Waals surface area contributed by atoms with Crippen molar-refractivity contribution in [1.29, 1.82) is 0 Å². The lowest BCUT2D eigenvalue weighted by Gasteiger charge is -2.23. The maximum Gasteiger partial charge on any atom is 0.416 e. The maximum absolute atomic E-state index is 14.2. The van der Waals surface area contributed by atoms with Crippen molar-refractivity contribution in [2.24, 2.45) is 0 Å². The van der Waals surface area contributed by atoms with E-state index < -0.39 is 40.9 Å². The van der Waals surface area contributed by atoms with Crippen molar-refractivity contribution in [3.8, 4) is 22.6 Å². The van der Waals surface area contributed by atoms with Crippen molar-refractivity contribution >= 4 is 5.97 Å². The Balaban J connectivity index is 1.42. The van der Waals surface area contributed by atoms with Crippen molar-refractivity contribution in [2.75, 3.05) is 13.1 Å². The number of aliphatic carboxylic acids is 1. The number of phenols is 1. The van der Waals surface area contributed by atoms with E-state index in [1.54, 1.807) is 24.3 Å². The minimum absolute atomic E-state index is 0.0243. The van der Waals surface area contributed by atoms with Crippen LogP contribution < -0.4 is 4.74 Å². The molecule has 0 aliphatic heterocycles. The molecule has 0 unspecified atom stereocenters. The molecular formula is C34H31F6NO4. The monoisotopic (exact) mass is 631 g/mol. The summed E-state index contributed by atoms with van der Waals surface area (Å²) < 4.78 is 86.7. The largest absolute Gasteiger partial charge is 0.503 e. The number of hydrogen-bond acceptors (Lipinski definition) is 4. The van der Waals surface area contributed by atoms with E-state index >= 15 is 0 Å². The number of halogens is 6. The molecule has 0 atom stereocenters. The molecular weight excluding hydrogens is 600 g/mol. The van der Waals surface area contributed by atoms with Crippen molar-refractivity contribution in [1.82, 2.24) is 4.90 Å². The number of rotatable bonds is 14. The first-order valence-corrected chi connectivity index (χ1v) is 14.2. The van der Waals surface area contributed by atoms with Gasteiger partial charge in [0.1, 0.15) is 18.2 Å². The molecule has 0 amide bonds. The minimum atomic E-state index is -4.41. The lowest BCUT2D eigenvalue weighted by molar-refractivity contribution is -0.138. The summed E-state index contributed by atoms with van der Waals surface area (Å²) in [5.41, 5.74) is 2.23. The van der Waals surface area contributed by atoms with E-state index in [4.69, 9.17) is 9.84 Å². The molecule has 0 fully saturated rings. The van der Waals surface area contributed by atoms with Gasteiger partial charge in [0, 0.05) is 19.5 Å². The van der Waals surface area contributed by atoms with Crippen LogP contribution in [0.5, 0.6) is 11.5 Å². The first-order valence-electron chi connectivity index (χ1n) is 14.2. The summed E-state index contributed by atoms with van der Waals surface area (Å²) >= 11 is 0. The van der Waals surface area contributed by atoms with Gasteiger partial charge in [-0.25, -0.2) is 13.2 Å². The molecule has 11 heteroatoms. The summed E-state index contributed by atoms with van der Waals surface area (Å²) in [4.78, 5) is 12.8. The zero-order chi connectivity index (χ0) is 32.6. The van der Waals surface area contributed by atoms with Crippen LogP contribution in [0.1, 0.15) is 41.5 Å². The van der Waals surface area contributed by atoms with Gasteiger partial charge in [-0.2, -0.15) is 13.2 Å². The van der Waals surface area contributed by atoms with Gasteiger partial charge in [0.15, 0.2) is 17.4 Å². The lowest BCUT2D eigenvalue weighted by atomic mass is 10.0. The van der Waals surface area contributed by atoms with Crippen LogP contribution >= 0.6 is 0 Å². The Morgan fingerprint density at radius 1 is 0.778 bits per heavy atom. The lowest BCUT2D eigenvalue weighted by Crippen LogP contribution is -2.27. The second kappa shape index (κ2) is 15.0. The van der Waals surface area contributed by atoms with Crippen LogP contribution in [-0.2, 0) is 30.5 Å². The smallest absolute Gasteiger partial charge is 0.416 e. The van der Waals surface area contributed by atoms with Gasteiger partial charge in [-0.05, 0) is 96.1 Å². The summed E-state index contributed by atoms with van der Waals surface area (Å²) in [5, 5.41) is 18.4. The number of unbranched alkanes of at least 4 members (excludes halogenated alkanes) is 1. The highest BCUT2D eigenvalue weighted by atomic mass is 19.4. The van der Waals surface area contributed by atoms with Crippen LogP contribution in [0, 0.1) is 17.5 Å². The molecule has 0 heterocycles. The number of nitrogens with zero attached hydrogens (tertiary/aromatic N) is 1. The Kier molecular flexibility index (Phi) is 11.1. The molecule has 0 aliphatic carbocycles. The second-order valence-corrected chi connectivity index (χ2v) is 10.6.